The van der Waals surface area contributed by atoms with Crippen LogP contribution in [0.5, 0.6) is 11.5 Å². The second kappa shape index (κ2) is 9.89. The third-order valence-electron chi connectivity index (χ3n) is 4.59. The summed E-state index contributed by atoms with van der Waals surface area (Å²) in [5.74, 6) is 1.10. The Morgan fingerprint density at radius 3 is 2.58 bits per heavy atom. The summed E-state index contributed by atoms with van der Waals surface area (Å²) >= 11 is 2.86. The number of thiophene rings is 1. The summed E-state index contributed by atoms with van der Waals surface area (Å²) in [5.41, 5.74) is 1.37. The van der Waals surface area contributed by atoms with Crippen LogP contribution in [0, 0.1) is 0 Å². The average Bonchev–Trinajstić information content (AvgIpc) is 3.33. The average molecular weight is 455 g/mol. The number of hydrogen-bond acceptors (Lipinski definition) is 6. The van der Waals surface area contributed by atoms with Crippen molar-refractivity contribution in [3.05, 3.63) is 64.9 Å². The third-order valence-corrected chi connectivity index (χ3v) is 6.81. The minimum Gasteiger partial charge on any atom is -0.486 e. The van der Waals surface area contributed by atoms with Crippen molar-refractivity contribution in [1.29, 1.82) is 0 Å². The maximum atomic E-state index is 12.9. The summed E-state index contributed by atoms with van der Waals surface area (Å²) in [4.78, 5) is 26.7. The number of carbonyl (C=O) groups is 2. The molecular formula is C23H22N2O4S2. The molecule has 0 saturated heterocycles. The number of amides is 2. The maximum Gasteiger partial charge on any atom is 0.265 e. The quantitative estimate of drug-likeness (QED) is 0.475. The van der Waals surface area contributed by atoms with Crippen molar-refractivity contribution < 1.29 is 19.1 Å². The van der Waals surface area contributed by atoms with Crippen molar-refractivity contribution in [2.45, 2.75) is 23.5 Å². The molecule has 0 aliphatic carbocycles. The molecule has 160 valence electrons. The van der Waals surface area contributed by atoms with Gasteiger partial charge in [-0.3, -0.25) is 9.59 Å². The van der Waals surface area contributed by atoms with E-state index in [9.17, 15) is 9.59 Å². The molecule has 2 N–H and O–H groups in total. The number of rotatable bonds is 7. The Hall–Kier alpha value is -2.97. The summed E-state index contributed by atoms with van der Waals surface area (Å²) in [6, 6.07) is 16.6. The Labute approximate surface area is 189 Å². The predicted molar refractivity (Wildman–Crippen MR) is 125 cm³/mol. The van der Waals surface area contributed by atoms with E-state index in [0.717, 1.165) is 4.90 Å². The first-order chi connectivity index (χ1) is 15.1. The number of ether oxygens (including phenoxy) is 2. The van der Waals surface area contributed by atoms with E-state index in [-0.39, 0.29) is 17.1 Å². The van der Waals surface area contributed by atoms with Gasteiger partial charge in [-0.1, -0.05) is 19.1 Å². The second-order valence-corrected chi connectivity index (χ2v) is 9.05. The summed E-state index contributed by atoms with van der Waals surface area (Å²) in [5, 5.41) is 7.46. The summed E-state index contributed by atoms with van der Waals surface area (Å²) in [6.07, 6.45) is 0.660. The van der Waals surface area contributed by atoms with E-state index in [2.05, 4.69) is 10.6 Å². The van der Waals surface area contributed by atoms with E-state index in [1.165, 1.54) is 23.1 Å². The molecule has 2 amide bonds. The zero-order valence-corrected chi connectivity index (χ0v) is 18.6. The van der Waals surface area contributed by atoms with Crippen molar-refractivity contribution in [3.8, 4) is 11.5 Å². The normalized spacial score (nSPS) is 13.3. The topological polar surface area (TPSA) is 76.7 Å². The minimum absolute atomic E-state index is 0.0859. The maximum absolute atomic E-state index is 12.9. The lowest BCUT2D eigenvalue weighted by Crippen LogP contribution is -2.24. The monoisotopic (exact) mass is 454 g/mol. The zero-order valence-electron chi connectivity index (χ0n) is 16.9. The molecule has 1 aliphatic rings. The second-order valence-electron chi connectivity index (χ2n) is 6.82. The molecular weight excluding hydrogens is 432 g/mol. The van der Waals surface area contributed by atoms with Crippen molar-refractivity contribution in [3.63, 3.8) is 0 Å². The van der Waals surface area contributed by atoms with Gasteiger partial charge in [0.15, 0.2) is 11.5 Å². The standard InChI is InChI=1S/C23H22N2O4S2/c1-2-20(22(26)25-16-8-9-18-19(14-16)29-11-10-28-18)31-17-6-3-5-15(13-17)24-23(27)21-7-4-12-30-21/h3-9,12-14,20H,2,10-11H2,1H3,(H,24,27)(H,25,26). The molecule has 4 rings (SSSR count). The Morgan fingerprint density at radius 2 is 1.81 bits per heavy atom. The molecule has 0 radical (unpaired) electrons. The van der Waals surface area contributed by atoms with E-state index < -0.39 is 0 Å². The summed E-state index contributed by atoms with van der Waals surface area (Å²) in [6.45, 7) is 3.00. The van der Waals surface area contributed by atoms with Crippen LogP contribution in [0.2, 0.25) is 0 Å². The first-order valence-corrected chi connectivity index (χ1v) is 11.7. The van der Waals surface area contributed by atoms with Crippen LogP contribution < -0.4 is 20.1 Å². The van der Waals surface area contributed by atoms with Crippen molar-refractivity contribution in [1.82, 2.24) is 0 Å². The molecule has 2 aromatic carbocycles. The molecule has 2 heterocycles. The lowest BCUT2D eigenvalue weighted by molar-refractivity contribution is -0.115. The first-order valence-electron chi connectivity index (χ1n) is 9.94. The fourth-order valence-electron chi connectivity index (χ4n) is 3.08. The Morgan fingerprint density at radius 1 is 1.00 bits per heavy atom. The van der Waals surface area contributed by atoms with Gasteiger partial charge in [0.05, 0.1) is 10.1 Å². The number of benzene rings is 2. The van der Waals surface area contributed by atoms with Crippen LogP contribution >= 0.6 is 23.1 Å². The van der Waals surface area contributed by atoms with Crippen molar-refractivity contribution in [2.24, 2.45) is 0 Å². The fourth-order valence-corrected chi connectivity index (χ4v) is 4.71. The highest BCUT2D eigenvalue weighted by Gasteiger charge is 2.20. The highest BCUT2D eigenvalue weighted by molar-refractivity contribution is 8.00. The van der Waals surface area contributed by atoms with E-state index in [0.29, 0.717) is 47.4 Å². The zero-order chi connectivity index (χ0) is 21.6. The van der Waals surface area contributed by atoms with Gasteiger partial charge in [0.25, 0.3) is 5.91 Å². The lowest BCUT2D eigenvalue weighted by Gasteiger charge is -2.20. The van der Waals surface area contributed by atoms with Crippen molar-refractivity contribution in [2.75, 3.05) is 23.8 Å². The number of thioether (sulfide) groups is 1. The van der Waals surface area contributed by atoms with Crippen LogP contribution in [-0.2, 0) is 4.79 Å². The van der Waals surface area contributed by atoms with Gasteiger partial charge < -0.3 is 20.1 Å². The Kier molecular flexibility index (Phi) is 6.79. The molecule has 3 aromatic rings. The molecule has 1 aliphatic heterocycles. The van der Waals surface area contributed by atoms with Crippen LogP contribution in [0.4, 0.5) is 11.4 Å². The molecule has 0 saturated carbocycles. The number of anilines is 2. The van der Waals surface area contributed by atoms with Gasteiger partial charge >= 0.3 is 0 Å². The molecule has 1 aromatic heterocycles. The number of hydrogen-bond donors (Lipinski definition) is 2. The molecule has 0 bridgehead atoms. The van der Waals surface area contributed by atoms with E-state index in [4.69, 9.17) is 9.47 Å². The van der Waals surface area contributed by atoms with E-state index >= 15 is 0 Å². The van der Waals surface area contributed by atoms with Gasteiger partial charge in [0, 0.05) is 22.3 Å². The van der Waals surface area contributed by atoms with Gasteiger partial charge in [-0.2, -0.15) is 0 Å². The Bertz CT molecular complexity index is 1070. The molecule has 1 unspecified atom stereocenters. The SMILES string of the molecule is CCC(Sc1cccc(NC(=O)c2cccs2)c1)C(=O)Nc1ccc2c(c1)OCCO2. The largest absolute Gasteiger partial charge is 0.486 e. The van der Waals surface area contributed by atoms with Crippen molar-refractivity contribution >= 4 is 46.3 Å². The van der Waals surface area contributed by atoms with Gasteiger partial charge in [-0.05, 0) is 48.2 Å². The molecule has 1 atom stereocenters. The third kappa shape index (κ3) is 5.39. The number of nitrogens with one attached hydrogen (secondary N) is 2. The predicted octanol–water partition coefficient (Wildman–Crippen LogP) is 5.28. The van der Waals surface area contributed by atoms with Crippen LogP contribution in [-0.4, -0.2) is 30.3 Å². The first kappa shape index (κ1) is 21.3. The minimum atomic E-state index is -0.281. The summed E-state index contributed by atoms with van der Waals surface area (Å²) < 4.78 is 11.1. The highest BCUT2D eigenvalue weighted by Crippen LogP contribution is 2.33. The molecule has 0 spiro atoms. The van der Waals surface area contributed by atoms with Gasteiger partial charge in [0.2, 0.25) is 5.91 Å². The number of carbonyl (C=O) groups excluding carboxylic acids is 2. The van der Waals surface area contributed by atoms with Crippen LogP contribution in [0.25, 0.3) is 0 Å². The highest BCUT2D eigenvalue weighted by atomic mass is 32.2. The molecule has 0 fully saturated rings. The number of fused-ring (bicyclic) bond motifs is 1. The Balaban J connectivity index is 1.40. The molecule has 6 nitrogen and oxygen atoms in total. The van der Waals surface area contributed by atoms with Gasteiger partial charge in [0.1, 0.15) is 13.2 Å². The summed E-state index contributed by atoms with van der Waals surface area (Å²) in [7, 11) is 0. The molecule has 8 heteroatoms. The van der Waals surface area contributed by atoms with Gasteiger partial charge in [-0.15, -0.1) is 23.1 Å². The van der Waals surface area contributed by atoms with E-state index in [1.807, 2.05) is 48.7 Å². The fraction of sp³-hybridized carbons (Fsp3) is 0.217. The molecule has 31 heavy (non-hydrogen) atoms. The smallest absolute Gasteiger partial charge is 0.265 e. The lowest BCUT2D eigenvalue weighted by atomic mass is 10.2. The van der Waals surface area contributed by atoms with E-state index in [1.54, 1.807) is 18.2 Å². The van der Waals surface area contributed by atoms with Gasteiger partial charge in [-0.25, -0.2) is 0 Å². The van der Waals surface area contributed by atoms with Crippen LogP contribution in [0.1, 0.15) is 23.0 Å². The van der Waals surface area contributed by atoms with Crippen LogP contribution in [0.3, 0.4) is 0 Å². The van der Waals surface area contributed by atoms with Crippen LogP contribution in [0.15, 0.2) is 64.9 Å².